The van der Waals surface area contributed by atoms with Crippen LogP contribution in [0.5, 0.6) is 0 Å². The minimum atomic E-state index is -1.55. The molecule has 41 heavy (non-hydrogen) atoms. The van der Waals surface area contributed by atoms with Gasteiger partial charge >= 0.3 is 5.63 Å². The Morgan fingerprint density at radius 2 is 1.73 bits per heavy atom. The van der Waals surface area contributed by atoms with Crippen LogP contribution >= 0.6 is 0 Å². The second kappa shape index (κ2) is 9.93. The monoisotopic (exact) mass is 578 g/mol. The van der Waals surface area contributed by atoms with Crippen LogP contribution in [0.25, 0.3) is 0 Å². The van der Waals surface area contributed by atoms with Gasteiger partial charge in [-0.3, -0.25) is 0 Å². The Morgan fingerprint density at radius 1 is 0.976 bits per heavy atom. The third-order valence-electron chi connectivity index (χ3n) is 11.6. The summed E-state index contributed by atoms with van der Waals surface area (Å²) in [5, 5.41) is 76.6. The first-order chi connectivity index (χ1) is 19.3. The molecule has 11 heteroatoms. The van der Waals surface area contributed by atoms with Gasteiger partial charge < -0.3 is 49.6 Å². The van der Waals surface area contributed by atoms with Gasteiger partial charge in [0.15, 0.2) is 6.29 Å². The Morgan fingerprint density at radius 3 is 2.41 bits per heavy atom. The highest BCUT2D eigenvalue weighted by Gasteiger charge is 2.74. The average molecular weight is 579 g/mol. The van der Waals surface area contributed by atoms with Gasteiger partial charge in [-0.05, 0) is 73.0 Å². The Kier molecular flexibility index (Phi) is 7.12. The molecular formula is C30H42O11. The van der Waals surface area contributed by atoms with E-state index in [9.17, 15) is 40.5 Å². The molecule has 4 fully saturated rings. The largest absolute Gasteiger partial charge is 0.431 e. The SMILES string of the molecule is C[C@]12CC[C@H](O[C@@H]3O[C@H](CO)[C@@H](O)[C@H](O)[C@H]3O)C=C1[C@H](O)C[C@]1(O)[C@@H]2CC[C@]2(C)[C@@H](c3ccc(=O)oc3)CC[C@@]21O. The molecule has 7 N–H and O–H groups in total. The van der Waals surface area contributed by atoms with Crippen LogP contribution in [0.4, 0.5) is 0 Å². The van der Waals surface area contributed by atoms with Crippen LogP contribution < -0.4 is 5.63 Å². The van der Waals surface area contributed by atoms with Crippen molar-refractivity contribution in [2.75, 3.05) is 6.61 Å². The molecule has 1 aromatic heterocycles. The molecule has 1 saturated heterocycles. The maximum Gasteiger partial charge on any atom is 0.335 e. The molecule has 5 aliphatic rings. The molecule has 0 amide bonds. The molecule has 2 heterocycles. The van der Waals surface area contributed by atoms with Crippen LogP contribution in [0.3, 0.4) is 0 Å². The van der Waals surface area contributed by atoms with Gasteiger partial charge in [-0.1, -0.05) is 19.9 Å². The quantitative estimate of drug-likeness (QED) is 0.239. The normalized spacial score (nSPS) is 51.3. The van der Waals surface area contributed by atoms with Gasteiger partial charge in [-0.2, -0.15) is 0 Å². The Balaban J connectivity index is 1.27. The summed E-state index contributed by atoms with van der Waals surface area (Å²) in [6.07, 6.45) is -2.14. The lowest BCUT2D eigenvalue weighted by Gasteiger charge is -2.66. The molecule has 0 aromatic carbocycles. The molecule has 0 spiro atoms. The topological polar surface area (TPSA) is 190 Å². The fraction of sp³-hybridized carbons (Fsp3) is 0.767. The Hall–Kier alpha value is -1.67. The van der Waals surface area contributed by atoms with Crippen molar-refractivity contribution in [2.45, 2.75) is 119 Å². The summed E-state index contributed by atoms with van der Waals surface area (Å²) in [6, 6.07) is 3.11. The predicted molar refractivity (Wildman–Crippen MR) is 142 cm³/mol. The molecule has 0 unspecified atom stereocenters. The van der Waals surface area contributed by atoms with E-state index in [2.05, 4.69) is 0 Å². The lowest BCUT2D eigenvalue weighted by atomic mass is 9.42. The fourth-order valence-corrected chi connectivity index (χ4v) is 9.36. The second-order valence-corrected chi connectivity index (χ2v) is 13.4. The highest BCUT2D eigenvalue weighted by molar-refractivity contribution is 5.37. The zero-order chi connectivity index (χ0) is 29.5. The van der Waals surface area contributed by atoms with E-state index in [0.717, 1.165) is 5.56 Å². The summed E-state index contributed by atoms with van der Waals surface area (Å²) in [6.45, 7) is 3.45. The first kappa shape index (κ1) is 29.4. The van der Waals surface area contributed by atoms with Crippen molar-refractivity contribution < 1.29 is 49.6 Å². The first-order valence-electron chi connectivity index (χ1n) is 14.7. The Labute approximate surface area is 238 Å². The minimum absolute atomic E-state index is 0.0471. The van der Waals surface area contributed by atoms with E-state index in [1.165, 1.54) is 12.3 Å². The fourth-order valence-electron chi connectivity index (χ4n) is 9.36. The zero-order valence-corrected chi connectivity index (χ0v) is 23.4. The van der Waals surface area contributed by atoms with Crippen molar-refractivity contribution in [3.63, 3.8) is 0 Å². The van der Waals surface area contributed by atoms with E-state index in [-0.39, 0.29) is 18.3 Å². The molecule has 0 bridgehead atoms. The van der Waals surface area contributed by atoms with Gasteiger partial charge in [-0.15, -0.1) is 0 Å². The molecule has 11 nitrogen and oxygen atoms in total. The number of rotatable bonds is 4. The average Bonchev–Trinajstić information content (AvgIpc) is 3.22. The van der Waals surface area contributed by atoms with Crippen molar-refractivity contribution in [1.82, 2.24) is 0 Å². The number of hydrogen-bond donors (Lipinski definition) is 7. The van der Waals surface area contributed by atoms with Crippen LogP contribution in [0.2, 0.25) is 0 Å². The summed E-state index contributed by atoms with van der Waals surface area (Å²) in [5.74, 6) is -0.449. The number of ether oxygens (including phenoxy) is 2. The Bertz CT molecular complexity index is 1230. The van der Waals surface area contributed by atoms with E-state index in [0.29, 0.717) is 44.1 Å². The molecule has 1 aliphatic heterocycles. The molecule has 1 aromatic rings. The van der Waals surface area contributed by atoms with Gasteiger partial charge in [0.25, 0.3) is 0 Å². The van der Waals surface area contributed by atoms with Crippen LogP contribution in [0.15, 0.2) is 39.3 Å². The van der Waals surface area contributed by atoms with Crippen molar-refractivity contribution in [1.29, 1.82) is 0 Å². The summed E-state index contributed by atoms with van der Waals surface area (Å²) < 4.78 is 16.7. The summed E-state index contributed by atoms with van der Waals surface area (Å²) in [7, 11) is 0. The van der Waals surface area contributed by atoms with Crippen LogP contribution in [0, 0.1) is 16.7 Å². The summed E-state index contributed by atoms with van der Waals surface area (Å²) in [5.41, 5.74) is -3.26. The van der Waals surface area contributed by atoms with Crippen molar-refractivity contribution >= 4 is 0 Å². The van der Waals surface area contributed by atoms with Crippen LogP contribution in [0.1, 0.15) is 70.3 Å². The third kappa shape index (κ3) is 4.08. The molecule has 4 aliphatic carbocycles. The predicted octanol–water partition coefficient (Wildman–Crippen LogP) is 0.0719. The van der Waals surface area contributed by atoms with E-state index in [1.54, 1.807) is 12.1 Å². The number of fused-ring (bicyclic) bond motifs is 5. The van der Waals surface area contributed by atoms with Gasteiger partial charge in [0, 0.05) is 17.9 Å². The molecule has 6 rings (SSSR count). The highest BCUT2D eigenvalue weighted by atomic mass is 16.7. The van der Waals surface area contributed by atoms with Crippen LogP contribution in [-0.4, -0.2) is 96.5 Å². The number of aliphatic hydroxyl groups excluding tert-OH is 5. The van der Waals surface area contributed by atoms with E-state index < -0.39 is 77.2 Å². The number of hydrogen-bond acceptors (Lipinski definition) is 11. The van der Waals surface area contributed by atoms with Gasteiger partial charge in [-0.25, -0.2) is 4.79 Å². The maximum atomic E-state index is 12.5. The minimum Gasteiger partial charge on any atom is -0.431 e. The van der Waals surface area contributed by atoms with Crippen LogP contribution in [-0.2, 0) is 9.47 Å². The van der Waals surface area contributed by atoms with Crippen molar-refractivity contribution in [3.8, 4) is 0 Å². The molecule has 0 radical (unpaired) electrons. The van der Waals surface area contributed by atoms with Gasteiger partial charge in [0.1, 0.15) is 30.0 Å². The standard InChI is InChI=1S/C30H42O11/c1-27-8-5-16(40-26-25(36)24(35)23(34)20(13-31)41-26)11-18(27)19(32)12-29(37)21(27)7-9-28(2)17(6-10-30(28,29)38)15-3-4-22(33)39-14-15/h3-4,11,14,16-17,19-21,23-26,31-32,34-38H,5-10,12-13H2,1-2H3/t16-,17+,19+,20+,21+,23+,24-,25+,26+,27-,28+,29-,30+/m0/s1. The van der Waals surface area contributed by atoms with E-state index in [1.807, 2.05) is 13.8 Å². The number of aliphatic hydroxyl groups is 7. The zero-order valence-electron chi connectivity index (χ0n) is 23.4. The lowest BCUT2D eigenvalue weighted by molar-refractivity contribution is -0.310. The summed E-state index contributed by atoms with van der Waals surface area (Å²) in [4.78, 5) is 11.6. The van der Waals surface area contributed by atoms with Gasteiger partial charge in [0.2, 0.25) is 0 Å². The maximum absolute atomic E-state index is 12.5. The smallest absolute Gasteiger partial charge is 0.335 e. The van der Waals surface area contributed by atoms with Crippen molar-refractivity contribution in [3.05, 3.63) is 46.0 Å². The van der Waals surface area contributed by atoms with Gasteiger partial charge in [0.05, 0.1) is 30.7 Å². The van der Waals surface area contributed by atoms with E-state index in [4.69, 9.17) is 13.9 Å². The molecule has 228 valence electrons. The molecular weight excluding hydrogens is 536 g/mol. The van der Waals surface area contributed by atoms with Crippen molar-refractivity contribution in [2.24, 2.45) is 16.7 Å². The summed E-state index contributed by atoms with van der Waals surface area (Å²) >= 11 is 0. The third-order valence-corrected chi connectivity index (χ3v) is 11.6. The second-order valence-electron chi connectivity index (χ2n) is 13.4. The lowest BCUT2D eigenvalue weighted by Crippen LogP contribution is -2.73. The molecule has 13 atom stereocenters. The molecule has 3 saturated carbocycles. The van der Waals surface area contributed by atoms with E-state index >= 15 is 0 Å². The highest BCUT2D eigenvalue weighted by Crippen LogP contribution is 2.71. The first-order valence-corrected chi connectivity index (χ1v) is 14.7.